The van der Waals surface area contributed by atoms with Gasteiger partial charge in [0.2, 0.25) is 0 Å². The van der Waals surface area contributed by atoms with Crippen molar-refractivity contribution in [2.75, 3.05) is 13.1 Å². The van der Waals surface area contributed by atoms with Gasteiger partial charge in [0.25, 0.3) is 0 Å². The molecular weight excluding hydrogens is 268 g/mol. The molecule has 1 aromatic carbocycles. The van der Waals surface area contributed by atoms with Gasteiger partial charge in [0, 0.05) is 19.5 Å². The molecule has 5 heteroatoms. The number of carbonyl (C=O) groups is 2. The van der Waals surface area contributed by atoms with Gasteiger partial charge < -0.3 is 15.7 Å². The molecule has 21 heavy (non-hydrogen) atoms. The SMILES string of the molecule is CC(CCC(=O)O)CNC(=O)NCCCc1ccccc1. The van der Waals surface area contributed by atoms with Crippen molar-refractivity contribution in [1.29, 1.82) is 0 Å². The maximum atomic E-state index is 11.6. The van der Waals surface area contributed by atoms with E-state index in [-0.39, 0.29) is 18.4 Å². The zero-order valence-corrected chi connectivity index (χ0v) is 12.5. The summed E-state index contributed by atoms with van der Waals surface area (Å²) in [5.74, 6) is -0.636. The van der Waals surface area contributed by atoms with Crippen LogP contribution >= 0.6 is 0 Å². The Labute approximate surface area is 125 Å². The molecule has 0 aliphatic carbocycles. The number of nitrogens with one attached hydrogen (secondary N) is 2. The minimum atomic E-state index is -0.799. The smallest absolute Gasteiger partial charge is 0.314 e. The Hall–Kier alpha value is -2.04. The van der Waals surface area contributed by atoms with Crippen LogP contribution in [0.2, 0.25) is 0 Å². The summed E-state index contributed by atoms with van der Waals surface area (Å²) < 4.78 is 0. The summed E-state index contributed by atoms with van der Waals surface area (Å²) in [7, 11) is 0. The van der Waals surface area contributed by atoms with E-state index in [1.165, 1.54) is 5.56 Å². The van der Waals surface area contributed by atoms with Crippen LogP contribution in [0.4, 0.5) is 4.79 Å². The number of hydrogen-bond acceptors (Lipinski definition) is 2. The van der Waals surface area contributed by atoms with E-state index in [1.807, 2.05) is 25.1 Å². The summed E-state index contributed by atoms with van der Waals surface area (Å²) in [6.45, 7) is 3.06. The number of carboxylic acids is 1. The first-order valence-corrected chi connectivity index (χ1v) is 7.35. The molecule has 0 aliphatic heterocycles. The third kappa shape index (κ3) is 8.68. The van der Waals surface area contributed by atoms with Gasteiger partial charge in [0.05, 0.1) is 0 Å². The Morgan fingerprint density at radius 2 is 1.90 bits per heavy atom. The predicted molar refractivity (Wildman–Crippen MR) is 82.2 cm³/mol. The summed E-state index contributed by atoms with van der Waals surface area (Å²) in [6.07, 6.45) is 2.55. The van der Waals surface area contributed by atoms with Crippen LogP contribution in [0.5, 0.6) is 0 Å². The normalized spacial score (nSPS) is 11.7. The lowest BCUT2D eigenvalue weighted by Crippen LogP contribution is -2.38. The molecule has 0 fully saturated rings. The van der Waals surface area contributed by atoms with Gasteiger partial charge in [-0.25, -0.2) is 4.79 Å². The van der Waals surface area contributed by atoms with Crippen molar-refractivity contribution in [2.45, 2.75) is 32.6 Å². The van der Waals surface area contributed by atoms with Gasteiger partial charge in [-0.15, -0.1) is 0 Å². The number of hydrogen-bond donors (Lipinski definition) is 3. The molecule has 0 heterocycles. The lowest BCUT2D eigenvalue weighted by molar-refractivity contribution is -0.137. The molecule has 3 N–H and O–H groups in total. The Balaban J connectivity index is 2.04. The first kappa shape index (κ1) is 17.0. The largest absolute Gasteiger partial charge is 0.481 e. The molecule has 1 aromatic rings. The van der Waals surface area contributed by atoms with Gasteiger partial charge in [-0.3, -0.25) is 4.79 Å². The van der Waals surface area contributed by atoms with Crippen LogP contribution in [-0.4, -0.2) is 30.2 Å². The molecule has 1 rings (SSSR count). The number of rotatable bonds is 9. The van der Waals surface area contributed by atoms with Crippen LogP contribution in [0.25, 0.3) is 0 Å². The van der Waals surface area contributed by atoms with Gasteiger partial charge in [0.1, 0.15) is 0 Å². The predicted octanol–water partition coefficient (Wildman–Crippen LogP) is 2.42. The molecule has 0 radical (unpaired) electrons. The summed E-state index contributed by atoms with van der Waals surface area (Å²) in [4.78, 5) is 22.0. The Morgan fingerprint density at radius 3 is 2.57 bits per heavy atom. The van der Waals surface area contributed by atoms with Crippen LogP contribution in [0.15, 0.2) is 30.3 Å². The third-order valence-corrected chi connectivity index (χ3v) is 3.23. The highest BCUT2D eigenvalue weighted by Gasteiger charge is 2.07. The molecule has 0 spiro atoms. The topological polar surface area (TPSA) is 78.4 Å². The molecule has 116 valence electrons. The molecule has 0 saturated carbocycles. The number of urea groups is 1. The standard InChI is InChI=1S/C16H24N2O3/c1-13(9-10-15(19)20)12-18-16(21)17-11-5-8-14-6-3-2-4-7-14/h2-4,6-7,13H,5,8-12H2,1H3,(H,19,20)(H2,17,18,21). The van der Waals surface area contributed by atoms with Gasteiger partial charge in [-0.05, 0) is 30.7 Å². The Bertz CT molecular complexity index is 434. The van der Waals surface area contributed by atoms with Crippen LogP contribution in [0.1, 0.15) is 31.7 Å². The number of amides is 2. The Kier molecular flexibility index (Phi) is 7.94. The highest BCUT2D eigenvalue weighted by atomic mass is 16.4. The van der Waals surface area contributed by atoms with Crippen molar-refractivity contribution in [3.05, 3.63) is 35.9 Å². The second kappa shape index (κ2) is 9.80. The quantitative estimate of drug-likeness (QED) is 0.612. The monoisotopic (exact) mass is 292 g/mol. The molecule has 2 amide bonds. The van der Waals surface area contributed by atoms with Crippen molar-refractivity contribution < 1.29 is 14.7 Å². The number of aryl methyl sites for hydroxylation is 1. The minimum Gasteiger partial charge on any atom is -0.481 e. The van der Waals surface area contributed by atoms with Crippen molar-refractivity contribution in [2.24, 2.45) is 5.92 Å². The maximum Gasteiger partial charge on any atom is 0.314 e. The van der Waals surface area contributed by atoms with Gasteiger partial charge in [0.15, 0.2) is 0 Å². The summed E-state index contributed by atoms with van der Waals surface area (Å²) in [6, 6.07) is 9.96. The minimum absolute atomic E-state index is 0.140. The first-order chi connectivity index (χ1) is 10.1. The van der Waals surface area contributed by atoms with Crippen molar-refractivity contribution >= 4 is 12.0 Å². The average molecular weight is 292 g/mol. The molecular formula is C16H24N2O3. The van der Waals surface area contributed by atoms with Gasteiger partial charge >= 0.3 is 12.0 Å². The van der Waals surface area contributed by atoms with Crippen molar-refractivity contribution in [3.63, 3.8) is 0 Å². The average Bonchev–Trinajstić information content (AvgIpc) is 2.48. The van der Waals surface area contributed by atoms with Crippen LogP contribution in [-0.2, 0) is 11.2 Å². The summed E-state index contributed by atoms with van der Waals surface area (Å²) in [5.41, 5.74) is 1.27. The highest BCUT2D eigenvalue weighted by Crippen LogP contribution is 2.04. The highest BCUT2D eigenvalue weighted by molar-refractivity contribution is 5.73. The maximum absolute atomic E-state index is 11.6. The molecule has 0 bridgehead atoms. The van der Waals surface area contributed by atoms with E-state index in [2.05, 4.69) is 22.8 Å². The zero-order valence-electron chi connectivity index (χ0n) is 12.5. The van der Waals surface area contributed by atoms with E-state index in [9.17, 15) is 9.59 Å². The number of carbonyl (C=O) groups excluding carboxylic acids is 1. The number of aliphatic carboxylic acids is 1. The van der Waals surface area contributed by atoms with E-state index in [1.54, 1.807) is 0 Å². The number of carboxylic acid groups (broad SMARTS) is 1. The molecule has 0 saturated heterocycles. The van der Waals surface area contributed by atoms with Crippen molar-refractivity contribution in [3.8, 4) is 0 Å². The Morgan fingerprint density at radius 1 is 1.19 bits per heavy atom. The van der Waals surface area contributed by atoms with E-state index in [0.29, 0.717) is 19.5 Å². The molecule has 1 atom stereocenters. The zero-order chi connectivity index (χ0) is 15.5. The van der Waals surface area contributed by atoms with E-state index >= 15 is 0 Å². The van der Waals surface area contributed by atoms with Crippen LogP contribution in [0, 0.1) is 5.92 Å². The lowest BCUT2D eigenvalue weighted by atomic mass is 10.1. The molecule has 5 nitrogen and oxygen atoms in total. The van der Waals surface area contributed by atoms with Crippen molar-refractivity contribution in [1.82, 2.24) is 10.6 Å². The molecule has 0 aromatic heterocycles. The fourth-order valence-electron chi connectivity index (χ4n) is 1.94. The lowest BCUT2D eigenvalue weighted by Gasteiger charge is -2.12. The number of benzene rings is 1. The third-order valence-electron chi connectivity index (χ3n) is 3.23. The van der Waals surface area contributed by atoms with Crippen LogP contribution < -0.4 is 10.6 Å². The summed E-state index contributed by atoms with van der Waals surface area (Å²) >= 11 is 0. The van der Waals surface area contributed by atoms with Crippen LogP contribution in [0.3, 0.4) is 0 Å². The fourth-order valence-corrected chi connectivity index (χ4v) is 1.94. The van der Waals surface area contributed by atoms with Gasteiger partial charge in [-0.1, -0.05) is 37.3 Å². The van der Waals surface area contributed by atoms with E-state index in [0.717, 1.165) is 12.8 Å². The molecule has 0 aliphatic rings. The molecule has 1 unspecified atom stereocenters. The van der Waals surface area contributed by atoms with E-state index in [4.69, 9.17) is 5.11 Å². The van der Waals surface area contributed by atoms with E-state index < -0.39 is 5.97 Å². The van der Waals surface area contributed by atoms with Gasteiger partial charge in [-0.2, -0.15) is 0 Å². The second-order valence-electron chi connectivity index (χ2n) is 5.26. The fraction of sp³-hybridized carbons (Fsp3) is 0.500. The summed E-state index contributed by atoms with van der Waals surface area (Å²) in [5, 5.41) is 14.1. The second-order valence-corrected chi connectivity index (χ2v) is 5.26. The first-order valence-electron chi connectivity index (χ1n) is 7.35.